The van der Waals surface area contributed by atoms with Crippen molar-refractivity contribution in [1.82, 2.24) is 9.88 Å². The molecule has 5 nitrogen and oxygen atoms in total. The molecule has 0 radical (unpaired) electrons. The first-order chi connectivity index (χ1) is 12.1. The summed E-state index contributed by atoms with van der Waals surface area (Å²) in [6, 6.07) is 6.73. The van der Waals surface area contributed by atoms with Crippen LogP contribution in [0.25, 0.3) is 0 Å². The second-order valence-corrected chi connectivity index (χ2v) is 7.93. The normalized spacial score (nSPS) is 19.1. The van der Waals surface area contributed by atoms with E-state index in [2.05, 4.69) is 10.3 Å². The fourth-order valence-electron chi connectivity index (χ4n) is 3.45. The summed E-state index contributed by atoms with van der Waals surface area (Å²) in [5.41, 5.74) is 1.39. The number of anilines is 1. The number of aromatic nitrogens is 1. The van der Waals surface area contributed by atoms with Gasteiger partial charge >= 0.3 is 0 Å². The highest BCUT2D eigenvalue weighted by Crippen LogP contribution is 2.39. The predicted molar refractivity (Wildman–Crippen MR) is 98.4 cm³/mol. The van der Waals surface area contributed by atoms with E-state index in [0.29, 0.717) is 15.7 Å². The summed E-state index contributed by atoms with van der Waals surface area (Å²) >= 11 is 7.32. The number of hydrogen-bond acceptors (Lipinski definition) is 4. The first kappa shape index (κ1) is 16.5. The molecule has 1 saturated heterocycles. The van der Waals surface area contributed by atoms with Gasteiger partial charge in [0.05, 0.1) is 11.6 Å². The number of likely N-dealkylation sites (tertiary alicyclic amines) is 1. The van der Waals surface area contributed by atoms with Gasteiger partial charge in [0.15, 0.2) is 5.13 Å². The molecule has 0 bridgehead atoms. The molecule has 1 N–H and O–H groups in total. The van der Waals surface area contributed by atoms with Gasteiger partial charge in [0.2, 0.25) is 5.91 Å². The van der Waals surface area contributed by atoms with E-state index < -0.39 is 0 Å². The van der Waals surface area contributed by atoms with Crippen LogP contribution >= 0.6 is 22.9 Å². The minimum Gasteiger partial charge on any atom is -0.342 e. The van der Waals surface area contributed by atoms with Crippen LogP contribution in [-0.2, 0) is 11.2 Å². The molecule has 25 heavy (non-hydrogen) atoms. The Hall–Kier alpha value is -1.92. The number of aryl methyl sites for hydroxylation is 1. The number of carbonyl (C=O) groups excluding carboxylic acids is 2. The average molecular weight is 376 g/mol. The molecular formula is C18H18ClN3O2S. The zero-order chi connectivity index (χ0) is 17.4. The molecule has 4 rings (SSSR count). The third-order valence-electron chi connectivity index (χ3n) is 4.76. The Kier molecular flexibility index (Phi) is 4.48. The van der Waals surface area contributed by atoms with E-state index in [4.69, 9.17) is 11.6 Å². The van der Waals surface area contributed by atoms with Crippen molar-refractivity contribution in [3.63, 3.8) is 0 Å². The van der Waals surface area contributed by atoms with E-state index in [0.717, 1.165) is 49.3 Å². The highest BCUT2D eigenvalue weighted by atomic mass is 35.5. The van der Waals surface area contributed by atoms with Gasteiger partial charge in [-0.2, -0.15) is 0 Å². The Morgan fingerprint density at radius 2 is 1.92 bits per heavy atom. The number of amides is 2. The summed E-state index contributed by atoms with van der Waals surface area (Å²) in [6.45, 7) is 1.71. The first-order valence-corrected chi connectivity index (χ1v) is 9.66. The lowest BCUT2D eigenvalue weighted by Crippen LogP contribution is -2.32. The van der Waals surface area contributed by atoms with Crippen LogP contribution in [0.15, 0.2) is 24.3 Å². The van der Waals surface area contributed by atoms with Gasteiger partial charge in [-0.25, -0.2) is 4.98 Å². The molecule has 1 fully saturated rings. The first-order valence-electron chi connectivity index (χ1n) is 8.47. The summed E-state index contributed by atoms with van der Waals surface area (Å²) in [4.78, 5) is 32.6. The van der Waals surface area contributed by atoms with Crippen molar-refractivity contribution in [2.24, 2.45) is 0 Å². The smallest absolute Gasteiger partial charge is 0.257 e. The number of benzene rings is 1. The Labute approximate surface area is 155 Å². The molecule has 1 aliphatic heterocycles. The maximum Gasteiger partial charge on any atom is 0.257 e. The Bertz CT molecular complexity index is 812. The van der Waals surface area contributed by atoms with E-state index in [-0.39, 0.29) is 17.7 Å². The van der Waals surface area contributed by atoms with Crippen LogP contribution in [0.2, 0.25) is 5.02 Å². The van der Waals surface area contributed by atoms with Crippen LogP contribution in [0, 0.1) is 0 Å². The second kappa shape index (κ2) is 6.77. The molecule has 1 atom stereocenters. The zero-order valence-corrected chi connectivity index (χ0v) is 15.2. The van der Waals surface area contributed by atoms with Crippen molar-refractivity contribution in [3.8, 4) is 0 Å². The molecular weight excluding hydrogens is 358 g/mol. The fourth-order valence-corrected chi connectivity index (χ4v) is 4.61. The summed E-state index contributed by atoms with van der Waals surface area (Å²) in [6.07, 6.45) is 3.86. The second-order valence-electron chi connectivity index (χ2n) is 6.41. The lowest BCUT2D eigenvalue weighted by molar-refractivity contribution is -0.131. The van der Waals surface area contributed by atoms with Crippen molar-refractivity contribution >= 4 is 39.9 Å². The highest BCUT2D eigenvalue weighted by Gasteiger charge is 2.36. The number of fused-ring (bicyclic) bond motifs is 1. The van der Waals surface area contributed by atoms with Gasteiger partial charge in [0.25, 0.3) is 5.91 Å². The van der Waals surface area contributed by atoms with Crippen LogP contribution in [0.4, 0.5) is 5.13 Å². The number of thiazole rings is 1. The molecule has 2 aromatic rings. The maximum atomic E-state index is 12.7. The van der Waals surface area contributed by atoms with Gasteiger partial charge in [-0.15, -0.1) is 11.3 Å². The molecule has 7 heteroatoms. The van der Waals surface area contributed by atoms with Gasteiger partial charge in [-0.1, -0.05) is 11.6 Å². The summed E-state index contributed by atoms with van der Waals surface area (Å²) in [5.74, 6) is -0.172. The van der Waals surface area contributed by atoms with Crippen LogP contribution in [0.3, 0.4) is 0 Å². The van der Waals surface area contributed by atoms with Crippen LogP contribution in [0.5, 0.6) is 0 Å². The van der Waals surface area contributed by atoms with Crippen molar-refractivity contribution in [2.75, 3.05) is 18.4 Å². The van der Waals surface area contributed by atoms with Gasteiger partial charge < -0.3 is 4.90 Å². The van der Waals surface area contributed by atoms with Gasteiger partial charge in [-0.3, -0.25) is 14.9 Å². The molecule has 2 heterocycles. The fraction of sp³-hybridized carbons (Fsp3) is 0.389. The van der Waals surface area contributed by atoms with Crippen molar-refractivity contribution in [1.29, 1.82) is 0 Å². The minimum absolute atomic E-state index is 0.148. The number of carbonyl (C=O) groups is 2. The Morgan fingerprint density at radius 1 is 1.20 bits per heavy atom. The molecule has 1 unspecified atom stereocenters. The van der Waals surface area contributed by atoms with Crippen molar-refractivity contribution in [3.05, 3.63) is 45.4 Å². The SMILES string of the molecule is O=C(Nc1nc2c(s1)CCC2C(=O)N1CCCC1)c1ccc(Cl)cc1. The van der Waals surface area contributed by atoms with Crippen LogP contribution < -0.4 is 5.32 Å². The van der Waals surface area contributed by atoms with E-state index >= 15 is 0 Å². The van der Waals surface area contributed by atoms with Crippen LogP contribution in [-0.4, -0.2) is 34.8 Å². The number of nitrogens with one attached hydrogen (secondary N) is 1. The zero-order valence-electron chi connectivity index (χ0n) is 13.6. The van der Waals surface area contributed by atoms with E-state index in [9.17, 15) is 9.59 Å². The van der Waals surface area contributed by atoms with Gasteiger partial charge in [-0.05, 0) is 49.9 Å². The largest absolute Gasteiger partial charge is 0.342 e. The predicted octanol–water partition coefficient (Wildman–Crippen LogP) is 3.70. The Morgan fingerprint density at radius 3 is 2.64 bits per heavy atom. The number of nitrogens with zero attached hydrogens (tertiary/aromatic N) is 2. The van der Waals surface area contributed by atoms with Gasteiger partial charge in [0.1, 0.15) is 0 Å². The molecule has 1 aliphatic carbocycles. The summed E-state index contributed by atoms with van der Waals surface area (Å²) in [7, 11) is 0. The summed E-state index contributed by atoms with van der Waals surface area (Å²) in [5, 5.41) is 3.99. The lowest BCUT2D eigenvalue weighted by Gasteiger charge is -2.19. The molecule has 2 aliphatic rings. The summed E-state index contributed by atoms with van der Waals surface area (Å²) < 4.78 is 0. The van der Waals surface area contributed by atoms with Gasteiger partial charge in [0, 0.05) is 28.6 Å². The van der Waals surface area contributed by atoms with Crippen molar-refractivity contribution in [2.45, 2.75) is 31.6 Å². The van der Waals surface area contributed by atoms with E-state index in [1.165, 1.54) is 11.3 Å². The molecule has 130 valence electrons. The Balaban J connectivity index is 1.48. The minimum atomic E-state index is -0.216. The quantitative estimate of drug-likeness (QED) is 0.889. The van der Waals surface area contributed by atoms with E-state index in [1.807, 2.05) is 4.90 Å². The molecule has 2 amide bonds. The molecule has 0 spiro atoms. The average Bonchev–Trinajstić information content (AvgIpc) is 3.31. The third kappa shape index (κ3) is 3.28. The third-order valence-corrected chi connectivity index (χ3v) is 6.06. The highest BCUT2D eigenvalue weighted by molar-refractivity contribution is 7.16. The maximum absolute atomic E-state index is 12.7. The number of hydrogen-bond donors (Lipinski definition) is 1. The number of rotatable bonds is 3. The monoisotopic (exact) mass is 375 g/mol. The number of halogens is 1. The standard InChI is InChI=1S/C18H18ClN3O2S/c19-12-5-3-11(4-6-12)16(23)21-18-20-15-13(7-8-14(15)25-18)17(24)22-9-1-2-10-22/h3-6,13H,1-2,7-10H2,(H,20,21,23). The molecule has 0 saturated carbocycles. The lowest BCUT2D eigenvalue weighted by atomic mass is 10.1. The topological polar surface area (TPSA) is 62.3 Å². The van der Waals surface area contributed by atoms with E-state index in [1.54, 1.807) is 24.3 Å². The molecule has 1 aromatic carbocycles. The van der Waals surface area contributed by atoms with Crippen molar-refractivity contribution < 1.29 is 9.59 Å². The van der Waals surface area contributed by atoms with Crippen LogP contribution in [0.1, 0.15) is 46.1 Å². The molecule has 1 aromatic heterocycles.